The molecule has 0 atom stereocenters. The van der Waals surface area contributed by atoms with Crippen LogP contribution in [0.15, 0.2) is 47.8 Å². The molecular weight excluding hydrogens is 396 g/mol. The lowest BCUT2D eigenvalue weighted by Gasteiger charge is -2.31. The third-order valence-corrected chi connectivity index (χ3v) is 5.92. The highest BCUT2D eigenvalue weighted by molar-refractivity contribution is 5.92. The van der Waals surface area contributed by atoms with Gasteiger partial charge in [0.2, 0.25) is 5.88 Å². The van der Waals surface area contributed by atoms with Crippen molar-refractivity contribution in [3.63, 3.8) is 0 Å². The van der Waals surface area contributed by atoms with Gasteiger partial charge >= 0.3 is 0 Å². The van der Waals surface area contributed by atoms with Crippen molar-refractivity contribution in [2.24, 2.45) is 5.92 Å². The van der Waals surface area contributed by atoms with Crippen molar-refractivity contribution >= 4 is 5.91 Å². The highest BCUT2D eigenvalue weighted by Gasteiger charge is 2.27. The smallest absolute Gasteiger partial charge is 0.274 e. The SMILES string of the molecule is O=C(c1cc2n(n1)CCCO2)N1CCC(Cn2cnc(-c3cccnc3)cc2=O)CC1. The van der Waals surface area contributed by atoms with Gasteiger partial charge in [0.25, 0.3) is 11.5 Å². The number of aryl methyl sites for hydroxylation is 1. The number of ether oxygens (including phenoxy) is 1. The Kier molecular flexibility index (Phi) is 5.23. The number of amides is 1. The van der Waals surface area contributed by atoms with Crippen LogP contribution in [0.3, 0.4) is 0 Å². The molecule has 0 bridgehead atoms. The summed E-state index contributed by atoms with van der Waals surface area (Å²) < 4.78 is 8.98. The molecule has 2 aliphatic rings. The van der Waals surface area contributed by atoms with E-state index in [9.17, 15) is 9.59 Å². The molecule has 1 saturated heterocycles. The fourth-order valence-electron chi connectivity index (χ4n) is 4.17. The molecule has 0 aromatic carbocycles. The molecule has 1 fully saturated rings. The third kappa shape index (κ3) is 4.08. The number of carbonyl (C=O) groups excluding carboxylic acids is 1. The Morgan fingerprint density at radius 3 is 2.81 bits per heavy atom. The number of likely N-dealkylation sites (tertiary alicyclic amines) is 1. The molecule has 31 heavy (non-hydrogen) atoms. The average molecular weight is 420 g/mol. The fraction of sp³-hybridized carbons (Fsp3) is 0.409. The highest BCUT2D eigenvalue weighted by atomic mass is 16.5. The molecule has 2 aliphatic heterocycles. The second-order valence-corrected chi connectivity index (χ2v) is 8.03. The Labute approximate surface area is 179 Å². The molecule has 3 aromatic heterocycles. The topological polar surface area (TPSA) is 95.1 Å². The van der Waals surface area contributed by atoms with E-state index in [1.54, 1.807) is 40.1 Å². The third-order valence-electron chi connectivity index (χ3n) is 5.92. The van der Waals surface area contributed by atoms with E-state index in [-0.39, 0.29) is 11.5 Å². The first-order valence-electron chi connectivity index (χ1n) is 10.6. The molecule has 9 nitrogen and oxygen atoms in total. The lowest BCUT2D eigenvalue weighted by molar-refractivity contribution is 0.0675. The standard InChI is InChI=1S/C22H24N6O3/c29-20-11-18(17-3-1-6-23-13-17)24-15-27(20)14-16-4-8-26(9-5-16)22(30)19-12-21-28(25-19)7-2-10-31-21/h1,3,6,11-13,15-16H,2,4-5,7-10,14H2. The van der Waals surface area contributed by atoms with E-state index in [1.165, 1.54) is 0 Å². The first kappa shape index (κ1) is 19.5. The van der Waals surface area contributed by atoms with Crippen LogP contribution in [0.5, 0.6) is 5.88 Å². The number of piperidine rings is 1. The van der Waals surface area contributed by atoms with Crippen molar-refractivity contribution in [2.45, 2.75) is 32.4 Å². The van der Waals surface area contributed by atoms with E-state index in [4.69, 9.17) is 4.74 Å². The predicted octanol–water partition coefficient (Wildman–Crippen LogP) is 1.84. The van der Waals surface area contributed by atoms with Crippen molar-refractivity contribution in [2.75, 3.05) is 19.7 Å². The number of hydrogen-bond acceptors (Lipinski definition) is 6. The molecule has 0 saturated carbocycles. The summed E-state index contributed by atoms with van der Waals surface area (Å²) in [5, 5.41) is 4.40. The van der Waals surface area contributed by atoms with Gasteiger partial charge in [-0.3, -0.25) is 19.1 Å². The maximum absolute atomic E-state index is 12.8. The number of fused-ring (bicyclic) bond motifs is 1. The van der Waals surface area contributed by atoms with E-state index in [1.807, 2.05) is 17.0 Å². The van der Waals surface area contributed by atoms with Crippen LogP contribution in [0.1, 0.15) is 29.8 Å². The Hall–Kier alpha value is -3.49. The summed E-state index contributed by atoms with van der Waals surface area (Å²) in [6.07, 6.45) is 7.58. The Balaban J connectivity index is 1.20. The number of aromatic nitrogens is 5. The zero-order chi connectivity index (χ0) is 21.2. The first-order chi connectivity index (χ1) is 15.2. The maximum Gasteiger partial charge on any atom is 0.274 e. The number of pyridine rings is 1. The van der Waals surface area contributed by atoms with Crippen LogP contribution in [0, 0.1) is 5.92 Å². The molecular formula is C22H24N6O3. The van der Waals surface area contributed by atoms with Crippen LogP contribution >= 0.6 is 0 Å². The quantitative estimate of drug-likeness (QED) is 0.639. The minimum Gasteiger partial charge on any atom is -0.478 e. The van der Waals surface area contributed by atoms with Crippen LogP contribution in [0.25, 0.3) is 11.3 Å². The van der Waals surface area contributed by atoms with Crippen LogP contribution in [0.4, 0.5) is 0 Å². The molecule has 5 heterocycles. The molecule has 0 spiro atoms. The summed E-state index contributed by atoms with van der Waals surface area (Å²) in [5.41, 5.74) is 1.82. The van der Waals surface area contributed by atoms with Crippen molar-refractivity contribution in [3.05, 3.63) is 59.0 Å². The van der Waals surface area contributed by atoms with E-state index in [0.29, 0.717) is 49.4 Å². The van der Waals surface area contributed by atoms with Gasteiger partial charge in [0, 0.05) is 62.7 Å². The van der Waals surface area contributed by atoms with E-state index in [0.717, 1.165) is 31.4 Å². The van der Waals surface area contributed by atoms with Crippen LogP contribution in [-0.2, 0) is 13.1 Å². The summed E-state index contributed by atoms with van der Waals surface area (Å²) in [4.78, 5) is 35.7. The van der Waals surface area contributed by atoms with Gasteiger partial charge in [-0.1, -0.05) is 0 Å². The summed E-state index contributed by atoms with van der Waals surface area (Å²) >= 11 is 0. The number of hydrogen-bond donors (Lipinski definition) is 0. The normalized spacial score (nSPS) is 16.6. The summed E-state index contributed by atoms with van der Waals surface area (Å²) in [5.74, 6) is 0.945. The molecule has 0 radical (unpaired) electrons. The van der Waals surface area contributed by atoms with E-state index in [2.05, 4.69) is 15.1 Å². The lowest BCUT2D eigenvalue weighted by atomic mass is 9.96. The van der Waals surface area contributed by atoms with Crippen molar-refractivity contribution in [3.8, 4) is 17.1 Å². The van der Waals surface area contributed by atoms with Crippen molar-refractivity contribution < 1.29 is 9.53 Å². The number of carbonyl (C=O) groups is 1. The molecule has 160 valence electrons. The Bertz CT molecular complexity index is 1110. The van der Waals surface area contributed by atoms with Gasteiger partial charge in [0.05, 0.1) is 18.6 Å². The van der Waals surface area contributed by atoms with Gasteiger partial charge < -0.3 is 9.64 Å². The number of rotatable bonds is 4. The van der Waals surface area contributed by atoms with Crippen LogP contribution in [-0.4, -0.2) is 54.8 Å². The zero-order valence-corrected chi connectivity index (χ0v) is 17.2. The Morgan fingerprint density at radius 1 is 1.19 bits per heavy atom. The maximum atomic E-state index is 12.8. The number of nitrogens with zero attached hydrogens (tertiary/aromatic N) is 6. The van der Waals surface area contributed by atoms with E-state index < -0.39 is 0 Å². The summed E-state index contributed by atoms with van der Waals surface area (Å²) in [7, 11) is 0. The largest absolute Gasteiger partial charge is 0.478 e. The highest BCUT2D eigenvalue weighted by Crippen LogP contribution is 2.23. The molecule has 3 aromatic rings. The molecule has 0 aliphatic carbocycles. The van der Waals surface area contributed by atoms with Gasteiger partial charge in [-0.15, -0.1) is 0 Å². The minimum absolute atomic E-state index is 0.0522. The van der Waals surface area contributed by atoms with Crippen LogP contribution < -0.4 is 10.3 Å². The fourth-order valence-corrected chi connectivity index (χ4v) is 4.17. The van der Waals surface area contributed by atoms with Gasteiger partial charge in [0.1, 0.15) is 0 Å². The average Bonchev–Trinajstić information content (AvgIpc) is 3.25. The van der Waals surface area contributed by atoms with Gasteiger partial charge in [-0.25, -0.2) is 9.67 Å². The van der Waals surface area contributed by atoms with E-state index >= 15 is 0 Å². The monoisotopic (exact) mass is 420 g/mol. The minimum atomic E-state index is -0.0732. The van der Waals surface area contributed by atoms with Crippen LogP contribution in [0.2, 0.25) is 0 Å². The summed E-state index contributed by atoms with van der Waals surface area (Å²) in [6.45, 7) is 3.37. The van der Waals surface area contributed by atoms with Gasteiger partial charge in [-0.05, 0) is 30.9 Å². The molecule has 9 heteroatoms. The molecule has 5 rings (SSSR count). The van der Waals surface area contributed by atoms with Gasteiger partial charge in [0.15, 0.2) is 5.69 Å². The first-order valence-corrected chi connectivity index (χ1v) is 10.6. The van der Waals surface area contributed by atoms with Gasteiger partial charge in [-0.2, -0.15) is 5.10 Å². The second kappa shape index (κ2) is 8.33. The second-order valence-electron chi connectivity index (χ2n) is 8.03. The molecule has 0 N–H and O–H groups in total. The molecule has 0 unspecified atom stereocenters. The molecule has 1 amide bonds. The zero-order valence-electron chi connectivity index (χ0n) is 17.2. The predicted molar refractivity (Wildman–Crippen MR) is 113 cm³/mol. The van der Waals surface area contributed by atoms with Crippen molar-refractivity contribution in [1.29, 1.82) is 0 Å². The van der Waals surface area contributed by atoms with Crippen molar-refractivity contribution in [1.82, 2.24) is 29.2 Å². The Morgan fingerprint density at radius 2 is 2.06 bits per heavy atom. The lowest BCUT2D eigenvalue weighted by Crippen LogP contribution is -2.40. The summed E-state index contributed by atoms with van der Waals surface area (Å²) in [6, 6.07) is 7.00.